The second-order valence-corrected chi connectivity index (χ2v) is 4.98. The van der Waals surface area contributed by atoms with Crippen LogP contribution < -0.4 is 10.2 Å². The van der Waals surface area contributed by atoms with E-state index in [0.717, 1.165) is 0 Å². The van der Waals surface area contributed by atoms with Gasteiger partial charge in [-0.1, -0.05) is 12.1 Å². The Labute approximate surface area is 143 Å². The lowest BCUT2D eigenvalue weighted by atomic mass is 10.2. The average molecular weight is 338 g/mol. The number of hydrogen-bond acceptors (Lipinski definition) is 6. The van der Waals surface area contributed by atoms with Gasteiger partial charge in [0.2, 0.25) is 0 Å². The summed E-state index contributed by atoms with van der Waals surface area (Å²) in [5.41, 5.74) is 3.22. The Morgan fingerprint density at radius 2 is 2.08 bits per heavy atom. The summed E-state index contributed by atoms with van der Waals surface area (Å²) in [7, 11) is 0. The first-order chi connectivity index (χ1) is 12.0. The van der Waals surface area contributed by atoms with Crippen LogP contribution in [0.15, 0.2) is 53.6 Å². The summed E-state index contributed by atoms with van der Waals surface area (Å²) in [5, 5.41) is 23.2. The summed E-state index contributed by atoms with van der Waals surface area (Å²) in [6, 6.07) is 14.2. The number of nitro benzene ring substituents is 1. The third kappa shape index (κ3) is 5.14. The fourth-order valence-electron chi connectivity index (χ4n) is 1.85. The molecule has 126 valence electrons. The van der Waals surface area contributed by atoms with Crippen molar-refractivity contribution in [3.05, 3.63) is 69.8 Å². The molecule has 0 saturated carbocycles. The standard InChI is InChI=1S/C17H14N4O4/c1-12(25-16-7-5-13(10-18)6-8-16)17(22)20-19-11-14-3-2-4-15(9-14)21(23)24/h2-9,11-12H,1H3,(H,20,22)/b19-11-/t12-/m0/s1. The maximum atomic E-state index is 11.9. The van der Waals surface area contributed by atoms with E-state index < -0.39 is 16.9 Å². The van der Waals surface area contributed by atoms with E-state index in [9.17, 15) is 14.9 Å². The highest BCUT2D eigenvalue weighted by Gasteiger charge is 2.13. The molecule has 1 N–H and O–H groups in total. The SMILES string of the molecule is C[C@H](Oc1ccc(C#N)cc1)C(=O)N/N=C\c1cccc([N+](=O)[O-])c1. The first kappa shape index (κ1) is 17.6. The number of carbonyl (C=O) groups excluding carboxylic acids is 1. The van der Waals surface area contributed by atoms with Gasteiger partial charge in [0.25, 0.3) is 11.6 Å². The second kappa shape index (κ2) is 8.21. The number of benzene rings is 2. The molecule has 0 unspecified atom stereocenters. The highest BCUT2D eigenvalue weighted by atomic mass is 16.6. The summed E-state index contributed by atoms with van der Waals surface area (Å²) in [5.74, 6) is -0.0321. The van der Waals surface area contributed by atoms with Gasteiger partial charge in [-0.05, 0) is 31.2 Å². The van der Waals surface area contributed by atoms with E-state index in [0.29, 0.717) is 16.9 Å². The molecule has 0 spiro atoms. The topological polar surface area (TPSA) is 118 Å². The van der Waals surface area contributed by atoms with E-state index in [-0.39, 0.29) is 5.69 Å². The van der Waals surface area contributed by atoms with Crippen molar-refractivity contribution in [2.45, 2.75) is 13.0 Å². The van der Waals surface area contributed by atoms with Crippen molar-refractivity contribution in [2.24, 2.45) is 5.10 Å². The van der Waals surface area contributed by atoms with Crippen LogP contribution in [-0.2, 0) is 4.79 Å². The van der Waals surface area contributed by atoms with E-state index in [2.05, 4.69) is 10.5 Å². The maximum absolute atomic E-state index is 11.9. The lowest BCUT2D eigenvalue weighted by molar-refractivity contribution is -0.384. The minimum atomic E-state index is -0.810. The Morgan fingerprint density at radius 1 is 1.36 bits per heavy atom. The minimum absolute atomic E-state index is 0.0622. The minimum Gasteiger partial charge on any atom is -0.481 e. The first-order valence-electron chi connectivity index (χ1n) is 7.24. The number of nitrogens with zero attached hydrogens (tertiary/aromatic N) is 3. The van der Waals surface area contributed by atoms with Crippen LogP contribution in [0.2, 0.25) is 0 Å². The van der Waals surface area contributed by atoms with Crippen LogP contribution >= 0.6 is 0 Å². The highest BCUT2D eigenvalue weighted by Crippen LogP contribution is 2.13. The van der Waals surface area contributed by atoms with Crippen LogP contribution in [-0.4, -0.2) is 23.1 Å². The van der Waals surface area contributed by atoms with Crippen molar-refractivity contribution in [3.63, 3.8) is 0 Å². The number of carbonyl (C=O) groups is 1. The van der Waals surface area contributed by atoms with Gasteiger partial charge < -0.3 is 4.74 Å². The number of nitro groups is 1. The summed E-state index contributed by atoms with van der Waals surface area (Å²) in [6.45, 7) is 1.55. The van der Waals surface area contributed by atoms with E-state index >= 15 is 0 Å². The second-order valence-electron chi connectivity index (χ2n) is 4.98. The van der Waals surface area contributed by atoms with Gasteiger partial charge in [-0.25, -0.2) is 5.43 Å². The van der Waals surface area contributed by atoms with Crippen LogP contribution in [0.25, 0.3) is 0 Å². The first-order valence-corrected chi connectivity index (χ1v) is 7.24. The number of amides is 1. The Morgan fingerprint density at radius 3 is 2.72 bits per heavy atom. The Bertz CT molecular complexity index is 840. The van der Waals surface area contributed by atoms with Gasteiger partial charge in [-0.3, -0.25) is 14.9 Å². The van der Waals surface area contributed by atoms with Gasteiger partial charge in [-0.2, -0.15) is 10.4 Å². The van der Waals surface area contributed by atoms with E-state index in [4.69, 9.17) is 10.00 Å². The number of hydrogen-bond donors (Lipinski definition) is 1. The molecule has 1 amide bonds. The van der Waals surface area contributed by atoms with Crippen LogP contribution in [0.5, 0.6) is 5.75 Å². The summed E-state index contributed by atoms with van der Waals surface area (Å²) in [4.78, 5) is 22.1. The molecular weight excluding hydrogens is 324 g/mol. The fraction of sp³-hybridized carbons (Fsp3) is 0.118. The normalized spacial score (nSPS) is 11.5. The molecule has 2 aromatic carbocycles. The van der Waals surface area contributed by atoms with E-state index in [1.165, 1.54) is 24.4 Å². The van der Waals surface area contributed by atoms with Crippen molar-refractivity contribution in [3.8, 4) is 11.8 Å². The zero-order valence-corrected chi connectivity index (χ0v) is 13.2. The molecule has 0 radical (unpaired) electrons. The number of nitrogens with one attached hydrogen (secondary N) is 1. The van der Waals surface area contributed by atoms with Gasteiger partial charge in [0.1, 0.15) is 5.75 Å². The van der Waals surface area contributed by atoms with Gasteiger partial charge in [0.15, 0.2) is 6.10 Å². The van der Waals surface area contributed by atoms with Crippen molar-refractivity contribution < 1.29 is 14.5 Å². The molecule has 8 nitrogen and oxygen atoms in total. The molecule has 0 aliphatic rings. The molecule has 2 rings (SSSR count). The maximum Gasteiger partial charge on any atom is 0.280 e. The van der Waals surface area contributed by atoms with Crippen LogP contribution in [0.4, 0.5) is 5.69 Å². The number of non-ortho nitro benzene ring substituents is 1. The Hall–Kier alpha value is -3.73. The number of hydrazone groups is 1. The molecule has 8 heteroatoms. The lowest BCUT2D eigenvalue weighted by Gasteiger charge is -2.12. The Kier molecular flexibility index (Phi) is 5.79. The van der Waals surface area contributed by atoms with Crippen LogP contribution in [0.3, 0.4) is 0 Å². The van der Waals surface area contributed by atoms with Crippen molar-refractivity contribution >= 4 is 17.8 Å². The summed E-state index contributed by atoms with van der Waals surface area (Å²) in [6.07, 6.45) is 0.495. The molecule has 25 heavy (non-hydrogen) atoms. The molecule has 0 heterocycles. The highest BCUT2D eigenvalue weighted by molar-refractivity contribution is 5.84. The molecular formula is C17H14N4O4. The molecule has 2 aromatic rings. The van der Waals surface area contributed by atoms with E-state index in [1.807, 2.05) is 6.07 Å². The average Bonchev–Trinajstić information content (AvgIpc) is 2.62. The predicted octanol–water partition coefficient (Wildman–Crippen LogP) is 2.38. The summed E-state index contributed by atoms with van der Waals surface area (Å²) < 4.78 is 5.44. The number of ether oxygens (including phenoxy) is 1. The zero-order valence-electron chi connectivity index (χ0n) is 13.2. The quantitative estimate of drug-likeness (QED) is 0.493. The predicted molar refractivity (Wildman–Crippen MR) is 90.1 cm³/mol. The van der Waals surface area contributed by atoms with Crippen molar-refractivity contribution in [1.29, 1.82) is 5.26 Å². The zero-order chi connectivity index (χ0) is 18.2. The monoisotopic (exact) mass is 338 g/mol. The molecule has 0 aromatic heterocycles. The third-order valence-corrected chi connectivity index (χ3v) is 3.13. The Balaban J connectivity index is 1.91. The van der Waals surface area contributed by atoms with Gasteiger partial charge in [0, 0.05) is 17.7 Å². The largest absolute Gasteiger partial charge is 0.481 e. The number of rotatable bonds is 6. The van der Waals surface area contributed by atoms with E-state index in [1.54, 1.807) is 37.3 Å². The smallest absolute Gasteiger partial charge is 0.280 e. The molecule has 0 bridgehead atoms. The van der Waals surface area contributed by atoms with Crippen LogP contribution in [0, 0.1) is 21.4 Å². The molecule has 0 fully saturated rings. The molecule has 0 saturated heterocycles. The fourth-order valence-corrected chi connectivity index (χ4v) is 1.85. The molecule has 0 aliphatic heterocycles. The number of nitriles is 1. The van der Waals surface area contributed by atoms with Gasteiger partial charge in [0.05, 0.1) is 22.8 Å². The van der Waals surface area contributed by atoms with Crippen molar-refractivity contribution in [2.75, 3.05) is 0 Å². The lowest BCUT2D eigenvalue weighted by Crippen LogP contribution is -2.33. The molecule has 1 atom stereocenters. The molecule has 0 aliphatic carbocycles. The summed E-state index contributed by atoms with van der Waals surface area (Å²) >= 11 is 0. The van der Waals surface area contributed by atoms with Crippen LogP contribution in [0.1, 0.15) is 18.1 Å². The third-order valence-electron chi connectivity index (χ3n) is 3.13. The van der Waals surface area contributed by atoms with Crippen molar-refractivity contribution in [1.82, 2.24) is 5.43 Å². The van der Waals surface area contributed by atoms with Gasteiger partial charge in [-0.15, -0.1) is 0 Å². The van der Waals surface area contributed by atoms with Gasteiger partial charge >= 0.3 is 0 Å².